The minimum absolute atomic E-state index is 0.260. The lowest BCUT2D eigenvalue weighted by atomic mass is 10.0. The van der Waals surface area contributed by atoms with Gasteiger partial charge >= 0.3 is 0 Å². The Morgan fingerprint density at radius 3 is 2.67 bits per heavy atom. The molecule has 126 valence electrons. The molecule has 0 spiro atoms. The zero-order valence-electron chi connectivity index (χ0n) is 14.1. The lowest BCUT2D eigenvalue weighted by Crippen LogP contribution is -2.50. The lowest BCUT2D eigenvalue weighted by molar-refractivity contribution is 0.153. The molecule has 0 aromatic heterocycles. The summed E-state index contributed by atoms with van der Waals surface area (Å²) in [6.45, 7) is 2.87. The van der Waals surface area contributed by atoms with Crippen LogP contribution < -0.4 is 10.1 Å². The van der Waals surface area contributed by atoms with Crippen LogP contribution in [0.1, 0.15) is 11.6 Å². The number of nitrogens with one attached hydrogen (secondary N) is 1. The number of benzene rings is 2. The summed E-state index contributed by atoms with van der Waals surface area (Å²) in [5, 5.41) is 4.11. The first-order valence-corrected chi connectivity index (χ1v) is 8.53. The largest absolute Gasteiger partial charge is 0.497 e. The Kier molecular flexibility index (Phi) is 5.33. The average molecular weight is 341 g/mol. The van der Waals surface area contributed by atoms with Gasteiger partial charge in [-0.15, -0.1) is 0 Å². The summed E-state index contributed by atoms with van der Waals surface area (Å²) in [6, 6.07) is 18.7. The van der Waals surface area contributed by atoms with Crippen LogP contribution in [0.3, 0.4) is 0 Å². The van der Waals surface area contributed by atoms with Crippen molar-refractivity contribution in [2.45, 2.75) is 6.04 Å². The SMILES string of the molecule is COc1cccc(NC(=S)N2CCN(C)C[C@@H]2c2ccccc2)c1. The molecule has 2 aromatic rings. The summed E-state index contributed by atoms with van der Waals surface area (Å²) in [6.07, 6.45) is 0. The maximum absolute atomic E-state index is 5.71. The smallest absolute Gasteiger partial charge is 0.174 e. The van der Waals surface area contributed by atoms with Crippen molar-refractivity contribution in [3.8, 4) is 5.75 Å². The van der Waals surface area contributed by atoms with Gasteiger partial charge in [-0.3, -0.25) is 0 Å². The van der Waals surface area contributed by atoms with Gasteiger partial charge in [0, 0.05) is 31.4 Å². The molecule has 1 fully saturated rings. The van der Waals surface area contributed by atoms with Gasteiger partial charge in [0.05, 0.1) is 13.2 Å². The van der Waals surface area contributed by atoms with Crippen LogP contribution in [0.15, 0.2) is 54.6 Å². The fraction of sp³-hybridized carbons (Fsp3) is 0.316. The number of hydrogen-bond donors (Lipinski definition) is 1. The molecule has 3 rings (SSSR count). The Balaban J connectivity index is 1.78. The summed E-state index contributed by atoms with van der Waals surface area (Å²) in [4.78, 5) is 4.63. The van der Waals surface area contributed by atoms with E-state index in [0.717, 1.165) is 36.2 Å². The zero-order valence-corrected chi connectivity index (χ0v) is 14.9. The first-order chi connectivity index (χ1) is 11.7. The highest BCUT2D eigenvalue weighted by molar-refractivity contribution is 7.80. The molecule has 4 nitrogen and oxygen atoms in total. The van der Waals surface area contributed by atoms with E-state index < -0.39 is 0 Å². The highest BCUT2D eigenvalue weighted by atomic mass is 32.1. The molecule has 1 atom stereocenters. The Morgan fingerprint density at radius 1 is 1.12 bits per heavy atom. The Morgan fingerprint density at radius 2 is 1.92 bits per heavy atom. The van der Waals surface area contributed by atoms with Gasteiger partial charge in [0.15, 0.2) is 5.11 Å². The molecule has 24 heavy (non-hydrogen) atoms. The number of likely N-dealkylation sites (N-methyl/N-ethyl adjacent to an activating group) is 1. The minimum atomic E-state index is 0.260. The van der Waals surface area contributed by atoms with E-state index in [1.165, 1.54) is 5.56 Å². The summed E-state index contributed by atoms with van der Waals surface area (Å²) in [5.41, 5.74) is 2.24. The van der Waals surface area contributed by atoms with Gasteiger partial charge in [-0.2, -0.15) is 0 Å². The number of hydrogen-bond acceptors (Lipinski definition) is 3. The summed E-state index contributed by atoms with van der Waals surface area (Å²) in [7, 11) is 3.83. The van der Waals surface area contributed by atoms with Crippen LogP contribution in [0.2, 0.25) is 0 Å². The van der Waals surface area contributed by atoms with Crippen LogP contribution in [0, 0.1) is 0 Å². The average Bonchev–Trinajstić information content (AvgIpc) is 2.62. The highest BCUT2D eigenvalue weighted by Gasteiger charge is 2.28. The third kappa shape index (κ3) is 3.86. The highest BCUT2D eigenvalue weighted by Crippen LogP contribution is 2.26. The van der Waals surface area contributed by atoms with Crippen molar-refractivity contribution in [1.82, 2.24) is 9.80 Å². The molecule has 1 N–H and O–H groups in total. The van der Waals surface area contributed by atoms with Crippen molar-refractivity contribution in [3.63, 3.8) is 0 Å². The van der Waals surface area contributed by atoms with Crippen LogP contribution in [0.25, 0.3) is 0 Å². The zero-order chi connectivity index (χ0) is 16.9. The van der Waals surface area contributed by atoms with Crippen molar-refractivity contribution in [1.29, 1.82) is 0 Å². The van der Waals surface area contributed by atoms with Gasteiger partial charge in [-0.1, -0.05) is 36.4 Å². The Hall–Kier alpha value is -2.11. The van der Waals surface area contributed by atoms with Crippen LogP contribution in [0.5, 0.6) is 5.75 Å². The van der Waals surface area contributed by atoms with Gasteiger partial charge in [0.2, 0.25) is 0 Å². The molecule has 1 saturated heterocycles. The number of nitrogens with zero attached hydrogens (tertiary/aromatic N) is 2. The molecule has 0 bridgehead atoms. The number of thiocarbonyl (C=S) groups is 1. The van der Waals surface area contributed by atoms with E-state index in [4.69, 9.17) is 17.0 Å². The topological polar surface area (TPSA) is 27.7 Å². The molecule has 0 unspecified atom stereocenters. The number of piperazine rings is 1. The van der Waals surface area contributed by atoms with Crippen molar-refractivity contribution < 1.29 is 4.74 Å². The fourth-order valence-corrected chi connectivity index (χ4v) is 3.36. The summed E-state index contributed by atoms with van der Waals surface area (Å²) >= 11 is 5.71. The van der Waals surface area contributed by atoms with E-state index in [0.29, 0.717) is 0 Å². The van der Waals surface area contributed by atoms with E-state index in [-0.39, 0.29) is 6.04 Å². The number of rotatable bonds is 3. The monoisotopic (exact) mass is 341 g/mol. The molecule has 0 saturated carbocycles. The minimum Gasteiger partial charge on any atom is -0.497 e. The molecule has 0 amide bonds. The van der Waals surface area contributed by atoms with Crippen molar-refractivity contribution >= 4 is 23.0 Å². The Labute approximate surface area is 149 Å². The summed E-state index contributed by atoms with van der Waals surface area (Å²) < 4.78 is 5.28. The van der Waals surface area contributed by atoms with E-state index in [2.05, 4.69) is 46.4 Å². The molecular weight excluding hydrogens is 318 g/mol. The van der Waals surface area contributed by atoms with E-state index in [1.807, 2.05) is 30.3 Å². The van der Waals surface area contributed by atoms with Gasteiger partial charge in [-0.25, -0.2) is 0 Å². The second-order valence-corrected chi connectivity index (χ2v) is 6.43. The second kappa shape index (κ2) is 7.64. The van der Waals surface area contributed by atoms with Gasteiger partial charge in [0.1, 0.15) is 5.75 Å². The molecule has 1 heterocycles. The van der Waals surface area contributed by atoms with E-state index >= 15 is 0 Å². The van der Waals surface area contributed by atoms with Gasteiger partial charge in [-0.05, 0) is 37.0 Å². The molecule has 0 aliphatic carbocycles. The summed E-state index contributed by atoms with van der Waals surface area (Å²) in [5.74, 6) is 0.820. The van der Waals surface area contributed by atoms with E-state index in [1.54, 1.807) is 7.11 Å². The van der Waals surface area contributed by atoms with Crippen molar-refractivity contribution in [3.05, 3.63) is 60.2 Å². The van der Waals surface area contributed by atoms with Crippen LogP contribution >= 0.6 is 12.2 Å². The second-order valence-electron chi connectivity index (χ2n) is 6.04. The molecule has 0 radical (unpaired) electrons. The van der Waals surface area contributed by atoms with Gasteiger partial charge < -0.3 is 19.9 Å². The Bertz CT molecular complexity index is 692. The fourth-order valence-electron chi connectivity index (χ4n) is 3.02. The molecule has 5 heteroatoms. The van der Waals surface area contributed by atoms with Crippen LogP contribution in [-0.4, -0.2) is 48.7 Å². The molecule has 1 aliphatic heterocycles. The third-order valence-electron chi connectivity index (χ3n) is 4.35. The van der Waals surface area contributed by atoms with E-state index in [9.17, 15) is 0 Å². The first-order valence-electron chi connectivity index (χ1n) is 8.12. The van der Waals surface area contributed by atoms with Crippen molar-refractivity contribution in [2.24, 2.45) is 0 Å². The third-order valence-corrected chi connectivity index (χ3v) is 4.69. The number of ether oxygens (including phenoxy) is 1. The van der Waals surface area contributed by atoms with Gasteiger partial charge in [0.25, 0.3) is 0 Å². The maximum Gasteiger partial charge on any atom is 0.174 e. The molecule has 2 aromatic carbocycles. The number of anilines is 1. The predicted molar refractivity (Wildman–Crippen MR) is 103 cm³/mol. The predicted octanol–water partition coefficient (Wildman–Crippen LogP) is 3.38. The number of methoxy groups -OCH3 is 1. The lowest BCUT2D eigenvalue weighted by Gasteiger charge is -2.41. The standard InChI is InChI=1S/C19H23N3OS/c1-21-11-12-22(18(14-21)15-7-4-3-5-8-15)19(24)20-16-9-6-10-17(13-16)23-2/h3-10,13,18H,11-12,14H2,1-2H3,(H,20,24)/t18-/m1/s1. The normalized spacial score (nSPS) is 18.2. The van der Waals surface area contributed by atoms with Crippen LogP contribution in [-0.2, 0) is 0 Å². The maximum atomic E-state index is 5.71. The molecule has 1 aliphatic rings. The molecular formula is C19H23N3OS. The van der Waals surface area contributed by atoms with Crippen LogP contribution in [0.4, 0.5) is 5.69 Å². The van der Waals surface area contributed by atoms with Crippen molar-refractivity contribution in [2.75, 3.05) is 39.1 Å². The first kappa shape index (κ1) is 16.7. The quantitative estimate of drug-likeness (QED) is 0.864.